The minimum absolute atomic E-state index is 0. The van der Waals surface area contributed by atoms with Crippen LogP contribution in [0.5, 0.6) is 0 Å². The van der Waals surface area contributed by atoms with Crippen molar-refractivity contribution in [1.29, 1.82) is 0 Å². The van der Waals surface area contributed by atoms with Gasteiger partial charge in [-0.05, 0) is 97.2 Å². The first-order valence-electron chi connectivity index (χ1n) is 16.3. The number of fused-ring (bicyclic) bond motifs is 5. The molecule has 9 atom stereocenters. The zero-order valence-electron chi connectivity index (χ0n) is 25.8. The minimum atomic E-state index is -0.443. The number of esters is 1. The van der Waals surface area contributed by atoms with E-state index in [4.69, 9.17) is 14.2 Å². The fourth-order valence-electron chi connectivity index (χ4n) is 10.3. The fourth-order valence-corrected chi connectivity index (χ4v) is 10.3. The Labute approximate surface area is 254 Å². The number of rotatable bonds is 6. The summed E-state index contributed by atoms with van der Waals surface area (Å²) < 4.78 is 19.0. The van der Waals surface area contributed by atoms with Crippen molar-refractivity contribution in [2.24, 2.45) is 52.3 Å². The standard InChI is InChI=1S/C36H50O5.CH4/c1-23(2)30(37)14-11-24(3)27-12-13-28-32-29(15-16-35(27,28)5)34(4)17-18-36(39-19-20-40-36)22-26(34)21-31(32)41-33(38)25-9-7-6-8-10-25;/h6-11,14,23-24,26-29,31-32H,12-13,15-22H2,1-5H3;1H4/b14-11+;/t24?,26-,27+,28?,29?,31+,32?,34-,35+;/m0./s1. The van der Waals surface area contributed by atoms with E-state index in [1.54, 1.807) is 0 Å². The molecule has 5 nitrogen and oxygen atoms in total. The van der Waals surface area contributed by atoms with Crippen LogP contribution in [-0.4, -0.2) is 36.9 Å². The monoisotopic (exact) mass is 578 g/mol. The third-order valence-electron chi connectivity index (χ3n) is 12.6. The largest absolute Gasteiger partial charge is 0.458 e. The summed E-state index contributed by atoms with van der Waals surface area (Å²) >= 11 is 0. The maximum atomic E-state index is 13.5. The van der Waals surface area contributed by atoms with E-state index in [1.165, 1.54) is 25.7 Å². The second-order valence-electron chi connectivity index (χ2n) is 14.9. The van der Waals surface area contributed by atoms with Crippen LogP contribution < -0.4 is 0 Å². The highest BCUT2D eigenvalue weighted by molar-refractivity contribution is 5.91. The Bertz CT molecular complexity index is 1150. The Balaban J connectivity index is 0.00000353. The van der Waals surface area contributed by atoms with Crippen LogP contribution in [0.15, 0.2) is 42.5 Å². The van der Waals surface area contributed by atoms with Gasteiger partial charge in [0, 0.05) is 24.7 Å². The maximum absolute atomic E-state index is 13.5. The quantitative estimate of drug-likeness (QED) is 0.251. The van der Waals surface area contributed by atoms with Crippen molar-refractivity contribution in [3.63, 3.8) is 0 Å². The van der Waals surface area contributed by atoms with Gasteiger partial charge in [0.2, 0.25) is 0 Å². The van der Waals surface area contributed by atoms with Gasteiger partial charge in [-0.25, -0.2) is 4.79 Å². The summed E-state index contributed by atoms with van der Waals surface area (Å²) in [7, 11) is 0. The average molecular weight is 579 g/mol. The first kappa shape index (κ1) is 31.4. The summed E-state index contributed by atoms with van der Waals surface area (Å²) in [6.45, 7) is 12.7. The van der Waals surface area contributed by atoms with Crippen molar-refractivity contribution in [1.82, 2.24) is 0 Å². The number of carbonyl (C=O) groups is 2. The summed E-state index contributed by atoms with van der Waals surface area (Å²) in [6, 6.07) is 9.50. The first-order valence-corrected chi connectivity index (χ1v) is 16.3. The van der Waals surface area contributed by atoms with Crippen LogP contribution in [-0.2, 0) is 19.0 Å². The molecule has 0 N–H and O–H groups in total. The molecule has 1 saturated heterocycles. The SMILES string of the molecule is C.CC(C)C(=O)/C=C/C(C)[C@H]1CCC2C3C(CC[C@@]21C)[C@@]1(C)CCC2(C[C@@H]1C[C@H]3OC(=O)c1ccccc1)OCCO2. The van der Waals surface area contributed by atoms with Gasteiger partial charge >= 0.3 is 5.97 Å². The number of ether oxygens (including phenoxy) is 3. The summed E-state index contributed by atoms with van der Waals surface area (Å²) in [4.78, 5) is 25.9. The average Bonchev–Trinajstić information content (AvgIpc) is 3.56. The topological polar surface area (TPSA) is 61.8 Å². The lowest BCUT2D eigenvalue weighted by Crippen LogP contribution is -2.60. The molecule has 4 unspecified atom stereocenters. The molecule has 0 amide bonds. The van der Waals surface area contributed by atoms with Gasteiger partial charge in [-0.3, -0.25) is 4.79 Å². The zero-order valence-corrected chi connectivity index (χ0v) is 25.8. The Morgan fingerprint density at radius 2 is 1.62 bits per heavy atom. The van der Waals surface area contributed by atoms with Gasteiger partial charge in [0.05, 0.1) is 18.8 Å². The van der Waals surface area contributed by atoms with Crippen molar-refractivity contribution in [2.45, 2.75) is 105 Å². The molecule has 1 aliphatic heterocycles. The van der Waals surface area contributed by atoms with Crippen molar-refractivity contribution in [2.75, 3.05) is 13.2 Å². The van der Waals surface area contributed by atoms with Gasteiger partial charge in [0.25, 0.3) is 0 Å². The number of carbonyl (C=O) groups excluding carboxylic acids is 2. The zero-order chi connectivity index (χ0) is 29.0. The predicted octanol–water partition coefficient (Wildman–Crippen LogP) is 8.28. The van der Waals surface area contributed by atoms with Crippen molar-refractivity contribution < 1.29 is 23.8 Å². The number of hydrogen-bond donors (Lipinski definition) is 0. The Morgan fingerprint density at radius 3 is 2.31 bits per heavy atom. The van der Waals surface area contributed by atoms with Gasteiger partial charge in [-0.15, -0.1) is 0 Å². The predicted molar refractivity (Wildman–Crippen MR) is 166 cm³/mol. The minimum Gasteiger partial charge on any atom is -0.458 e. The molecule has 4 saturated carbocycles. The van der Waals surface area contributed by atoms with Crippen LogP contribution in [0.4, 0.5) is 0 Å². The molecule has 1 spiro atoms. The molecule has 5 fully saturated rings. The van der Waals surface area contributed by atoms with Crippen LogP contribution in [0.3, 0.4) is 0 Å². The van der Waals surface area contributed by atoms with Crippen molar-refractivity contribution in [3.8, 4) is 0 Å². The van der Waals surface area contributed by atoms with E-state index in [0.717, 1.165) is 25.7 Å². The molecule has 0 radical (unpaired) electrons. The number of ketones is 1. The summed E-state index contributed by atoms with van der Waals surface area (Å²) in [5.74, 6) is 2.32. The molecule has 1 aromatic rings. The van der Waals surface area contributed by atoms with Crippen LogP contribution in [0.1, 0.15) is 104 Å². The normalized spacial score (nSPS) is 39.3. The lowest BCUT2D eigenvalue weighted by atomic mass is 9.43. The van der Waals surface area contributed by atoms with Crippen LogP contribution in [0, 0.1) is 52.3 Å². The highest BCUT2D eigenvalue weighted by Gasteiger charge is 2.65. The highest BCUT2D eigenvalue weighted by atomic mass is 16.7. The van der Waals surface area contributed by atoms with Crippen molar-refractivity contribution in [3.05, 3.63) is 48.0 Å². The smallest absolute Gasteiger partial charge is 0.338 e. The number of benzene rings is 1. The molecular weight excluding hydrogens is 524 g/mol. The van der Waals surface area contributed by atoms with Gasteiger partial charge in [-0.2, -0.15) is 0 Å². The molecule has 4 aliphatic carbocycles. The molecule has 5 heteroatoms. The second kappa shape index (κ2) is 11.8. The van der Waals surface area contributed by atoms with E-state index in [-0.39, 0.29) is 42.0 Å². The molecule has 0 aromatic heterocycles. The van der Waals surface area contributed by atoms with E-state index in [9.17, 15) is 9.59 Å². The Kier molecular flexibility index (Phi) is 8.86. The number of hydrogen-bond acceptors (Lipinski definition) is 5. The fraction of sp³-hybridized carbons (Fsp3) is 0.730. The van der Waals surface area contributed by atoms with Gasteiger partial charge < -0.3 is 14.2 Å². The lowest BCUT2D eigenvalue weighted by molar-refractivity contribution is -0.242. The van der Waals surface area contributed by atoms with Crippen LogP contribution >= 0.6 is 0 Å². The summed E-state index contributed by atoms with van der Waals surface area (Å²) in [5, 5.41) is 0. The molecule has 42 heavy (non-hydrogen) atoms. The molecular formula is C37H54O5. The summed E-state index contributed by atoms with van der Waals surface area (Å²) in [6.07, 6.45) is 12.5. The van der Waals surface area contributed by atoms with E-state index < -0.39 is 5.79 Å². The van der Waals surface area contributed by atoms with E-state index in [1.807, 2.05) is 50.3 Å². The maximum Gasteiger partial charge on any atom is 0.338 e. The third kappa shape index (κ3) is 5.31. The molecule has 232 valence electrons. The van der Waals surface area contributed by atoms with Gasteiger partial charge in [-0.1, -0.05) is 66.3 Å². The second-order valence-corrected chi connectivity index (χ2v) is 14.9. The van der Waals surface area contributed by atoms with Gasteiger partial charge in [0.1, 0.15) is 6.10 Å². The molecule has 0 bridgehead atoms. The summed E-state index contributed by atoms with van der Waals surface area (Å²) in [5.41, 5.74) is 1.02. The van der Waals surface area contributed by atoms with Gasteiger partial charge in [0.15, 0.2) is 11.6 Å². The first-order chi connectivity index (χ1) is 19.6. The molecule has 1 aromatic carbocycles. The molecule has 5 aliphatic rings. The Hall–Kier alpha value is -1.98. The van der Waals surface area contributed by atoms with E-state index in [2.05, 4.69) is 26.8 Å². The highest BCUT2D eigenvalue weighted by Crippen LogP contribution is 2.69. The number of allylic oxidation sites excluding steroid dienone is 2. The van der Waals surface area contributed by atoms with E-state index in [0.29, 0.717) is 54.3 Å². The van der Waals surface area contributed by atoms with Crippen LogP contribution in [0.2, 0.25) is 0 Å². The molecule has 6 rings (SSSR count). The molecule has 1 heterocycles. The lowest BCUT2D eigenvalue weighted by Gasteiger charge is -2.63. The van der Waals surface area contributed by atoms with Crippen LogP contribution in [0.25, 0.3) is 0 Å². The van der Waals surface area contributed by atoms with Crippen molar-refractivity contribution >= 4 is 11.8 Å². The van der Waals surface area contributed by atoms with E-state index >= 15 is 0 Å². The third-order valence-corrected chi connectivity index (χ3v) is 12.6. The Morgan fingerprint density at radius 1 is 0.929 bits per heavy atom.